The molecule has 1 aliphatic rings. The zero-order chi connectivity index (χ0) is 17.3. The molecule has 1 aliphatic heterocycles. The predicted molar refractivity (Wildman–Crippen MR) is 86.1 cm³/mol. The van der Waals surface area contributed by atoms with Crippen molar-refractivity contribution in [3.63, 3.8) is 0 Å². The Morgan fingerprint density at radius 1 is 1.12 bits per heavy atom. The van der Waals surface area contributed by atoms with Crippen molar-refractivity contribution in [1.82, 2.24) is 19.9 Å². The third-order valence-corrected chi connectivity index (χ3v) is 5.02. The van der Waals surface area contributed by atoms with Crippen LogP contribution in [0.15, 0.2) is 11.7 Å². The normalized spacial score (nSPS) is 16.6. The van der Waals surface area contributed by atoms with Gasteiger partial charge in [-0.25, -0.2) is 15.0 Å². The Kier molecular flexibility index (Phi) is 4.73. The first kappa shape index (κ1) is 17.1. The first-order chi connectivity index (χ1) is 11.3. The first-order valence-corrected chi connectivity index (χ1v) is 8.49. The summed E-state index contributed by atoms with van der Waals surface area (Å²) in [5, 5.41) is 1.59. The lowest BCUT2D eigenvalue weighted by molar-refractivity contribution is -0.140. The summed E-state index contributed by atoms with van der Waals surface area (Å²) >= 11 is 1.06. The van der Waals surface area contributed by atoms with E-state index in [4.69, 9.17) is 0 Å². The second kappa shape index (κ2) is 6.64. The van der Waals surface area contributed by atoms with Gasteiger partial charge in [-0.15, -0.1) is 11.3 Å². The van der Waals surface area contributed by atoms with E-state index in [1.165, 1.54) is 0 Å². The maximum atomic E-state index is 12.6. The van der Waals surface area contributed by atoms with Gasteiger partial charge in [-0.2, -0.15) is 13.2 Å². The predicted octanol–water partition coefficient (Wildman–Crippen LogP) is 2.89. The number of hydrogen-bond acceptors (Lipinski definition) is 6. The number of anilines is 1. The van der Waals surface area contributed by atoms with Crippen LogP contribution < -0.4 is 4.90 Å². The van der Waals surface area contributed by atoms with E-state index in [0.29, 0.717) is 11.6 Å². The van der Waals surface area contributed by atoms with Crippen molar-refractivity contribution in [3.05, 3.63) is 33.7 Å². The van der Waals surface area contributed by atoms with Gasteiger partial charge in [-0.1, -0.05) is 0 Å². The molecule has 0 aliphatic carbocycles. The van der Waals surface area contributed by atoms with Crippen molar-refractivity contribution in [3.8, 4) is 0 Å². The summed E-state index contributed by atoms with van der Waals surface area (Å²) in [6.45, 7) is 7.52. The number of piperazine rings is 1. The highest BCUT2D eigenvalue weighted by atomic mass is 32.1. The standard InChI is InChI=1S/C15H18F3N5S/c1-10-11(2)19-9-20-14(10)23-5-3-22(4-6-23)7-13-21-12(8-24-13)15(16,17)18/h8-9H,3-7H2,1-2H3. The molecule has 2 aromatic heterocycles. The Hall–Kier alpha value is -1.74. The van der Waals surface area contributed by atoms with Crippen LogP contribution in [0.25, 0.3) is 0 Å². The monoisotopic (exact) mass is 357 g/mol. The lowest BCUT2D eigenvalue weighted by Crippen LogP contribution is -2.46. The molecule has 0 saturated carbocycles. The van der Waals surface area contributed by atoms with Crippen LogP contribution in [0, 0.1) is 13.8 Å². The number of aromatic nitrogens is 3. The van der Waals surface area contributed by atoms with Crippen LogP contribution in [0.2, 0.25) is 0 Å². The number of thiazole rings is 1. The first-order valence-electron chi connectivity index (χ1n) is 7.61. The molecule has 2 aromatic rings. The molecule has 3 rings (SSSR count). The highest BCUT2D eigenvalue weighted by molar-refractivity contribution is 7.09. The molecule has 1 saturated heterocycles. The van der Waals surface area contributed by atoms with Gasteiger partial charge in [0.2, 0.25) is 0 Å². The molecule has 5 nitrogen and oxygen atoms in total. The van der Waals surface area contributed by atoms with Crippen molar-refractivity contribution < 1.29 is 13.2 Å². The summed E-state index contributed by atoms with van der Waals surface area (Å²) in [6.07, 6.45) is -2.80. The summed E-state index contributed by atoms with van der Waals surface area (Å²) in [5.41, 5.74) is 1.24. The van der Waals surface area contributed by atoms with Crippen molar-refractivity contribution >= 4 is 17.2 Å². The van der Waals surface area contributed by atoms with E-state index < -0.39 is 11.9 Å². The molecule has 0 unspecified atom stereocenters. The van der Waals surface area contributed by atoms with Crippen molar-refractivity contribution in [1.29, 1.82) is 0 Å². The smallest absolute Gasteiger partial charge is 0.354 e. The summed E-state index contributed by atoms with van der Waals surface area (Å²) in [6, 6.07) is 0. The second-order valence-corrected chi connectivity index (χ2v) is 6.74. The molecule has 1 fully saturated rings. The van der Waals surface area contributed by atoms with Gasteiger partial charge >= 0.3 is 6.18 Å². The van der Waals surface area contributed by atoms with Gasteiger partial charge in [0.15, 0.2) is 5.69 Å². The van der Waals surface area contributed by atoms with Gasteiger partial charge in [0.1, 0.15) is 17.2 Å². The summed E-state index contributed by atoms with van der Waals surface area (Å²) in [4.78, 5) is 16.6. The van der Waals surface area contributed by atoms with Gasteiger partial charge in [-0.05, 0) is 13.8 Å². The van der Waals surface area contributed by atoms with Crippen LogP contribution in [-0.4, -0.2) is 46.0 Å². The van der Waals surface area contributed by atoms with Crippen LogP contribution in [0.3, 0.4) is 0 Å². The highest BCUT2D eigenvalue weighted by Crippen LogP contribution is 2.30. The zero-order valence-corrected chi connectivity index (χ0v) is 14.3. The Balaban J connectivity index is 1.59. The molecule has 130 valence electrons. The number of rotatable bonds is 3. The SMILES string of the molecule is Cc1ncnc(N2CCN(Cc3nc(C(F)(F)F)cs3)CC2)c1C. The number of nitrogens with zero attached hydrogens (tertiary/aromatic N) is 5. The Morgan fingerprint density at radius 3 is 2.46 bits per heavy atom. The Bertz CT molecular complexity index is 707. The lowest BCUT2D eigenvalue weighted by Gasteiger charge is -2.35. The third kappa shape index (κ3) is 3.67. The minimum Gasteiger partial charge on any atom is -0.354 e. The second-order valence-electron chi connectivity index (χ2n) is 5.80. The summed E-state index contributed by atoms with van der Waals surface area (Å²) in [7, 11) is 0. The molecule has 0 bridgehead atoms. The van der Waals surface area contributed by atoms with Gasteiger partial charge in [0.25, 0.3) is 0 Å². The third-order valence-electron chi connectivity index (χ3n) is 4.18. The number of alkyl halides is 3. The average molecular weight is 357 g/mol. The summed E-state index contributed by atoms with van der Waals surface area (Å²) < 4.78 is 37.8. The lowest BCUT2D eigenvalue weighted by atomic mass is 10.2. The minimum atomic E-state index is -4.37. The molecule has 0 atom stereocenters. The van der Waals surface area contributed by atoms with Gasteiger partial charge in [0.05, 0.1) is 6.54 Å². The highest BCUT2D eigenvalue weighted by Gasteiger charge is 2.34. The van der Waals surface area contributed by atoms with Crippen molar-refractivity contribution in [2.24, 2.45) is 0 Å². The molecular weight excluding hydrogens is 339 g/mol. The van der Waals surface area contributed by atoms with Gasteiger partial charge in [-0.3, -0.25) is 4.90 Å². The molecule has 0 N–H and O–H groups in total. The molecular formula is C15H18F3N5S. The van der Waals surface area contributed by atoms with E-state index in [2.05, 4.69) is 24.8 Å². The fourth-order valence-electron chi connectivity index (χ4n) is 2.67. The van der Waals surface area contributed by atoms with Crippen molar-refractivity contribution in [2.75, 3.05) is 31.1 Å². The molecule has 0 aromatic carbocycles. The molecule has 24 heavy (non-hydrogen) atoms. The Labute approximate surface area is 142 Å². The van der Waals surface area contributed by atoms with Crippen LogP contribution in [0.5, 0.6) is 0 Å². The van der Waals surface area contributed by atoms with Crippen LogP contribution in [0.4, 0.5) is 19.0 Å². The largest absolute Gasteiger partial charge is 0.434 e. The topological polar surface area (TPSA) is 45.2 Å². The van der Waals surface area contributed by atoms with Crippen LogP contribution in [-0.2, 0) is 12.7 Å². The van der Waals surface area contributed by atoms with E-state index in [-0.39, 0.29) is 0 Å². The fraction of sp³-hybridized carbons (Fsp3) is 0.533. The zero-order valence-electron chi connectivity index (χ0n) is 13.5. The molecule has 3 heterocycles. The van der Waals surface area contributed by atoms with E-state index in [0.717, 1.165) is 60.0 Å². The van der Waals surface area contributed by atoms with Crippen LogP contribution in [0.1, 0.15) is 22.0 Å². The summed E-state index contributed by atoms with van der Waals surface area (Å²) in [5.74, 6) is 0.941. The van der Waals surface area contributed by atoms with Crippen molar-refractivity contribution in [2.45, 2.75) is 26.6 Å². The van der Waals surface area contributed by atoms with Gasteiger partial charge in [0, 0.05) is 42.8 Å². The number of aryl methyl sites for hydroxylation is 1. The van der Waals surface area contributed by atoms with E-state index in [1.807, 2.05) is 13.8 Å². The molecule has 9 heteroatoms. The minimum absolute atomic E-state index is 0.455. The fourth-order valence-corrected chi connectivity index (χ4v) is 3.51. The molecule has 0 amide bonds. The van der Waals surface area contributed by atoms with E-state index in [9.17, 15) is 13.2 Å². The molecule has 0 spiro atoms. The quantitative estimate of drug-likeness (QED) is 0.845. The van der Waals surface area contributed by atoms with Gasteiger partial charge < -0.3 is 4.90 Å². The average Bonchev–Trinajstić information content (AvgIpc) is 3.00. The molecule has 0 radical (unpaired) electrons. The van der Waals surface area contributed by atoms with E-state index >= 15 is 0 Å². The Morgan fingerprint density at radius 2 is 1.83 bits per heavy atom. The maximum absolute atomic E-state index is 12.6. The van der Waals surface area contributed by atoms with Crippen LogP contribution >= 0.6 is 11.3 Å². The number of hydrogen-bond donors (Lipinski definition) is 0. The van der Waals surface area contributed by atoms with E-state index in [1.54, 1.807) is 6.33 Å². The number of halogens is 3. The maximum Gasteiger partial charge on any atom is 0.434 e.